The molecule has 0 spiro atoms. The Labute approximate surface area is 65.9 Å². The van der Waals surface area contributed by atoms with Crippen LogP contribution in [0.5, 0.6) is 0 Å². The topological polar surface area (TPSA) is 82.4 Å². The monoisotopic (exact) mass is 198 g/mol. The van der Waals surface area contributed by atoms with Gasteiger partial charge in [-0.3, -0.25) is 0 Å². The Balaban J connectivity index is 2.76. The Hall–Kier alpha value is -0.140. The summed E-state index contributed by atoms with van der Waals surface area (Å²) >= 11 is 0. The summed E-state index contributed by atoms with van der Waals surface area (Å²) in [5, 5.41) is -0.544. The summed E-state index contributed by atoms with van der Waals surface area (Å²) in [6.07, 6.45) is 1.83. The van der Waals surface area contributed by atoms with E-state index in [0.717, 1.165) is 6.26 Å². The van der Waals surface area contributed by atoms with Crippen LogP contribution in [-0.4, -0.2) is 28.3 Å². The van der Waals surface area contributed by atoms with Crippen LogP contribution in [0.3, 0.4) is 0 Å². The number of rotatable bonds is 3. The quantitative estimate of drug-likeness (QED) is 0.629. The van der Waals surface area contributed by atoms with Gasteiger partial charge < -0.3 is 4.13 Å². The van der Waals surface area contributed by atoms with Crippen LogP contribution >= 0.6 is 0 Å². The van der Waals surface area contributed by atoms with E-state index in [1.54, 1.807) is 0 Å². The minimum atomic E-state index is -3.75. The molecule has 1 aliphatic carbocycles. The molecule has 0 aromatic rings. The summed E-state index contributed by atoms with van der Waals surface area (Å²) < 4.78 is 45.3. The highest BCUT2D eigenvalue weighted by molar-refractivity contribution is 8.12. The van der Waals surface area contributed by atoms with Crippen molar-refractivity contribution in [3.8, 4) is 0 Å². The third kappa shape index (κ3) is 2.76. The zero-order valence-corrected chi connectivity index (χ0v) is 7.52. The van der Waals surface area contributed by atoms with Gasteiger partial charge in [0.2, 0.25) is 0 Å². The van der Waals surface area contributed by atoms with E-state index in [1.165, 1.54) is 0 Å². The standard InChI is InChI=1S/C4H8NO4S2/c1-10(6,7)5-11(8,9)4-2-3-4/h4H,2-3H2,1H3/q-1. The molecule has 1 fully saturated rings. The van der Waals surface area contributed by atoms with E-state index in [0.29, 0.717) is 12.8 Å². The molecule has 1 rings (SSSR count). The summed E-state index contributed by atoms with van der Waals surface area (Å²) in [5.74, 6) is 0. The van der Waals surface area contributed by atoms with Crippen LogP contribution in [0.15, 0.2) is 0 Å². The van der Waals surface area contributed by atoms with Crippen molar-refractivity contribution >= 4 is 20.0 Å². The normalized spacial score (nSPS) is 20.1. The molecule has 0 saturated heterocycles. The van der Waals surface area contributed by atoms with Gasteiger partial charge in [0.05, 0.1) is 20.0 Å². The van der Waals surface area contributed by atoms with Crippen molar-refractivity contribution < 1.29 is 16.8 Å². The van der Waals surface area contributed by atoms with Gasteiger partial charge in [-0.05, 0) is 12.8 Å². The van der Waals surface area contributed by atoms with Crippen molar-refractivity contribution in [3.63, 3.8) is 0 Å². The van der Waals surface area contributed by atoms with Gasteiger partial charge in [-0.15, -0.1) is 0 Å². The maximum atomic E-state index is 10.9. The Kier molecular flexibility index (Phi) is 1.97. The van der Waals surface area contributed by atoms with E-state index in [2.05, 4.69) is 4.13 Å². The van der Waals surface area contributed by atoms with Crippen molar-refractivity contribution in [1.82, 2.24) is 0 Å². The largest absolute Gasteiger partial charge is 0.436 e. The molecule has 0 unspecified atom stereocenters. The van der Waals surface area contributed by atoms with E-state index in [1.807, 2.05) is 0 Å². The lowest BCUT2D eigenvalue weighted by atomic mass is 11.0. The molecule has 7 heteroatoms. The van der Waals surface area contributed by atoms with Crippen LogP contribution in [0.2, 0.25) is 0 Å². The molecule has 0 amide bonds. The number of nitrogens with zero attached hydrogens (tertiary/aromatic N) is 1. The van der Waals surface area contributed by atoms with Crippen molar-refractivity contribution in [2.24, 2.45) is 0 Å². The van der Waals surface area contributed by atoms with Gasteiger partial charge in [-0.1, -0.05) is 0 Å². The Morgan fingerprint density at radius 1 is 1.18 bits per heavy atom. The van der Waals surface area contributed by atoms with E-state index in [9.17, 15) is 16.8 Å². The summed E-state index contributed by atoms with van der Waals surface area (Å²) in [4.78, 5) is 0. The third-order valence-corrected chi connectivity index (χ3v) is 4.41. The van der Waals surface area contributed by atoms with Gasteiger partial charge in [-0.2, -0.15) is 0 Å². The zero-order chi connectivity index (χ0) is 8.70. The maximum absolute atomic E-state index is 10.9. The summed E-state index contributed by atoms with van der Waals surface area (Å²) in [6.45, 7) is 0. The smallest absolute Gasteiger partial charge is 0.0859 e. The molecule has 5 nitrogen and oxygen atoms in total. The Morgan fingerprint density at radius 2 is 1.64 bits per heavy atom. The first-order chi connectivity index (χ1) is 4.81. The van der Waals surface area contributed by atoms with Crippen LogP contribution in [0.1, 0.15) is 12.8 Å². The number of hydrogen-bond donors (Lipinski definition) is 0. The average molecular weight is 198 g/mol. The van der Waals surface area contributed by atoms with Crippen LogP contribution in [-0.2, 0) is 20.0 Å². The van der Waals surface area contributed by atoms with Crippen LogP contribution in [0, 0.1) is 0 Å². The second kappa shape index (κ2) is 2.43. The number of hydrogen-bond acceptors (Lipinski definition) is 4. The molecule has 1 saturated carbocycles. The van der Waals surface area contributed by atoms with Crippen LogP contribution in [0.25, 0.3) is 4.13 Å². The van der Waals surface area contributed by atoms with E-state index in [-0.39, 0.29) is 0 Å². The van der Waals surface area contributed by atoms with Gasteiger partial charge >= 0.3 is 0 Å². The molecule has 1 aliphatic rings. The highest BCUT2D eigenvalue weighted by Gasteiger charge is 2.30. The fourth-order valence-corrected chi connectivity index (χ4v) is 3.34. The molecule has 0 aromatic heterocycles. The third-order valence-electron chi connectivity index (χ3n) is 1.18. The lowest BCUT2D eigenvalue weighted by Gasteiger charge is -2.16. The molecular formula is C4H8NO4S2-. The molecule has 0 bridgehead atoms. The number of sulfonamides is 2. The first-order valence-corrected chi connectivity index (χ1v) is 6.34. The summed E-state index contributed by atoms with van der Waals surface area (Å²) in [5.41, 5.74) is 0. The van der Waals surface area contributed by atoms with E-state index < -0.39 is 25.3 Å². The summed E-state index contributed by atoms with van der Waals surface area (Å²) in [7, 11) is -7.46. The minimum absolute atomic E-state index is 0.529. The van der Waals surface area contributed by atoms with Crippen molar-refractivity contribution in [3.05, 3.63) is 4.13 Å². The van der Waals surface area contributed by atoms with Crippen LogP contribution in [0.4, 0.5) is 0 Å². The maximum Gasteiger partial charge on any atom is 0.0859 e. The lowest BCUT2D eigenvalue weighted by Crippen LogP contribution is -2.09. The highest BCUT2D eigenvalue weighted by Crippen LogP contribution is 2.32. The van der Waals surface area contributed by atoms with Gasteiger partial charge in [0.1, 0.15) is 0 Å². The SMILES string of the molecule is CS(=O)(=O)[N-]S(=O)(=O)C1CC1. The molecule has 0 atom stereocenters. The molecule has 0 aromatic carbocycles. The average Bonchev–Trinajstić information content (AvgIpc) is 2.30. The van der Waals surface area contributed by atoms with Crippen molar-refractivity contribution in [1.29, 1.82) is 0 Å². The first kappa shape index (κ1) is 8.95. The van der Waals surface area contributed by atoms with E-state index >= 15 is 0 Å². The fourth-order valence-electron chi connectivity index (χ4n) is 0.615. The van der Waals surface area contributed by atoms with Gasteiger partial charge in [0.15, 0.2) is 0 Å². The van der Waals surface area contributed by atoms with Gasteiger partial charge in [0, 0.05) is 11.5 Å². The minimum Gasteiger partial charge on any atom is -0.436 e. The van der Waals surface area contributed by atoms with Crippen molar-refractivity contribution in [2.75, 3.05) is 6.26 Å². The van der Waals surface area contributed by atoms with Gasteiger partial charge in [0.25, 0.3) is 0 Å². The molecule has 0 radical (unpaired) electrons. The van der Waals surface area contributed by atoms with E-state index in [4.69, 9.17) is 0 Å². The predicted octanol–water partition coefficient (Wildman–Crippen LogP) is -0.188. The summed E-state index contributed by atoms with van der Waals surface area (Å²) in [6, 6.07) is 0. The predicted molar refractivity (Wildman–Crippen MR) is 40.1 cm³/mol. The molecule has 66 valence electrons. The molecule has 0 aliphatic heterocycles. The van der Waals surface area contributed by atoms with Crippen molar-refractivity contribution in [2.45, 2.75) is 18.1 Å². The highest BCUT2D eigenvalue weighted by atomic mass is 32.3. The van der Waals surface area contributed by atoms with Crippen LogP contribution < -0.4 is 0 Å². The first-order valence-electron chi connectivity index (χ1n) is 2.99. The molecule has 11 heavy (non-hydrogen) atoms. The lowest BCUT2D eigenvalue weighted by molar-refractivity contribution is 0.597. The zero-order valence-electron chi connectivity index (χ0n) is 5.89. The molecule has 0 N–H and O–H groups in total. The fraction of sp³-hybridized carbons (Fsp3) is 1.00. The molecule has 0 heterocycles. The Morgan fingerprint density at radius 3 is 1.91 bits per heavy atom. The second-order valence-electron chi connectivity index (χ2n) is 2.52. The Bertz CT molecular complexity index is 336. The molecular weight excluding hydrogens is 190 g/mol. The van der Waals surface area contributed by atoms with Gasteiger partial charge in [-0.25, -0.2) is 16.8 Å². The second-order valence-corrected chi connectivity index (χ2v) is 6.28.